The maximum atomic E-state index is 8.65. The molecule has 0 bridgehead atoms. The fourth-order valence-electron chi connectivity index (χ4n) is 1.50. The minimum absolute atomic E-state index is 0.199. The molecule has 0 aliphatic heterocycles. The van der Waals surface area contributed by atoms with E-state index < -0.39 is 0 Å². The lowest BCUT2D eigenvalue weighted by Gasteiger charge is -2.19. The van der Waals surface area contributed by atoms with Gasteiger partial charge in [0.1, 0.15) is 0 Å². The van der Waals surface area contributed by atoms with E-state index in [0.29, 0.717) is 6.42 Å². The van der Waals surface area contributed by atoms with Crippen molar-refractivity contribution in [3.8, 4) is 6.07 Å². The second-order valence-electron chi connectivity index (χ2n) is 3.61. The van der Waals surface area contributed by atoms with Gasteiger partial charge in [-0.05, 0) is 25.5 Å². The number of nitrogens with one attached hydrogen (secondary N) is 1. The van der Waals surface area contributed by atoms with Crippen molar-refractivity contribution in [2.75, 3.05) is 0 Å². The summed E-state index contributed by atoms with van der Waals surface area (Å²) in [5, 5.41) is 12.0. The van der Waals surface area contributed by atoms with Crippen molar-refractivity contribution in [2.45, 2.75) is 38.8 Å². The van der Waals surface area contributed by atoms with E-state index in [1.807, 2.05) is 18.2 Å². The molecule has 0 fully saturated rings. The molecule has 1 aromatic rings. The molecular weight excluding hydrogens is 186 g/mol. The predicted molar refractivity (Wildman–Crippen MR) is 60.1 cm³/mol. The average Bonchev–Trinajstić information content (AvgIpc) is 2.29. The molecule has 1 unspecified atom stereocenters. The third kappa shape index (κ3) is 3.69. The molecule has 0 aromatic carbocycles. The Morgan fingerprint density at radius 1 is 1.53 bits per heavy atom. The smallest absolute Gasteiger partial charge is 0.0638 e. The summed E-state index contributed by atoms with van der Waals surface area (Å²) in [5.74, 6) is 0. The molecule has 1 rings (SSSR count). The number of pyridine rings is 1. The fourth-order valence-corrected chi connectivity index (χ4v) is 1.50. The van der Waals surface area contributed by atoms with Gasteiger partial charge in [0.25, 0.3) is 0 Å². The van der Waals surface area contributed by atoms with Gasteiger partial charge in [0.05, 0.1) is 18.2 Å². The average molecular weight is 203 g/mol. The summed E-state index contributed by atoms with van der Waals surface area (Å²) < 4.78 is 0. The molecule has 1 heterocycles. The maximum Gasteiger partial charge on any atom is 0.0638 e. The van der Waals surface area contributed by atoms with E-state index in [9.17, 15) is 0 Å². The van der Waals surface area contributed by atoms with Crippen LogP contribution in [0, 0.1) is 11.3 Å². The van der Waals surface area contributed by atoms with Crippen LogP contribution in [0.4, 0.5) is 0 Å². The number of aromatic nitrogens is 1. The summed E-state index contributed by atoms with van der Waals surface area (Å²) in [6.07, 6.45) is 3.30. The Kier molecular flexibility index (Phi) is 4.79. The first-order chi connectivity index (χ1) is 7.27. The van der Waals surface area contributed by atoms with Crippen LogP contribution < -0.4 is 5.32 Å². The van der Waals surface area contributed by atoms with E-state index in [1.165, 1.54) is 0 Å². The number of rotatable bonds is 5. The van der Waals surface area contributed by atoms with E-state index in [4.69, 9.17) is 5.26 Å². The van der Waals surface area contributed by atoms with E-state index in [-0.39, 0.29) is 12.1 Å². The first kappa shape index (κ1) is 11.7. The monoisotopic (exact) mass is 203 g/mol. The summed E-state index contributed by atoms with van der Waals surface area (Å²) in [6, 6.07) is 8.53. The minimum atomic E-state index is 0.199. The van der Waals surface area contributed by atoms with Crippen LogP contribution in [0.5, 0.6) is 0 Å². The van der Waals surface area contributed by atoms with Crippen molar-refractivity contribution in [1.29, 1.82) is 5.26 Å². The third-order valence-electron chi connectivity index (χ3n) is 2.45. The quantitative estimate of drug-likeness (QED) is 0.799. The normalized spacial score (nSPS) is 14.2. The van der Waals surface area contributed by atoms with Crippen LogP contribution in [0.25, 0.3) is 0 Å². The van der Waals surface area contributed by atoms with Gasteiger partial charge in [-0.2, -0.15) is 5.26 Å². The highest BCUT2D eigenvalue weighted by molar-refractivity contribution is 5.08. The van der Waals surface area contributed by atoms with E-state index in [1.54, 1.807) is 6.20 Å². The lowest BCUT2D eigenvalue weighted by atomic mass is 10.1. The largest absolute Gasteiger partial charge is 0.305 e. The summed E-state index contributed by atoms with van der Waals surface area (Å²) in [5.41, 5.74) is 1.02. The molecule has 80 valence electrons. The Labute approximate surface area is 91.1 Å². The second kappa shape index (κ2) is 6.15. The van der Waals surface area contributed by atoms with Crippen LogP contribution in [-0.2, 0) is 0 Å². The van der Waals surface area contributed by atoms with Crippen molar-refractivity contribution in [3.05, 3.63) is 30.1 Å². The molecule has 1 N–H and O–H groups in total. The molecule has 2 atom stereocenters. The Hall–Kier alpha value is -1.40. The van der Waals surface area contributed by atoms with Gasteiger partial charge in [0.2, 0.25) is 0 Å². The molecular formula is C12H17N3. The maximum absolute atomic E-state index is 8.65. The molecule has 1 aromatic heterocycles. The first-order valence-corrected chi connectivity index (χ1v) is 5.31. The van der Waals surface area contributed by atoms with Crippen LogP contribution in [0.1, 0.15) is 38.4 Å². The van der Waals surface area contributed by atoms with Gasteiger partial charge in [-0.25, -0.2) is 0 Å². The predicted octanol–water partition coefficient (Wildman–Crippen LogP) is 2.42. The van der Waals surface area contributed by atoms with Gasteiger partial charge in [-0.3, -0.25) is 4.98 Å². The molecule has 0 aliphatic carbocycles. The molecule has 0 saturated heterocycles. The van der Waals surface area contributed by atoms with Crippen LogP contribution >= 0.6 is 0 Å². The highest BCUT2D eigenvalue weighted by atomic mass is 15.0. The Morgan fingerprint density at radius 3 is 2.87 bits per heavy atom. The van der Waals surface area contributed by atoms with E-state index >= 15 is 0 Å². The van der Waals surface area contributed by atoms with Crippen molar-refractivity contribution < 1.29 is 0 Å². The second-order valence-corrected chi connectivity index (χ2v) is 3.61. The SMILES string of the molecule is CCC(CC#N)N[C@@H](C)c1ccccn1. The van der Waals surface area contributed by atoms with Crippen LogP contribution in [0.2, 0.25) is 0 Å². The minimum Gasteiger partial charge on any atom is -0.305 e. The van der Waals surface area contributed by atoms with Crippen molar-refractivity contribution in [3.63, 3.8) is 0 Å². The van der Waals surface area contributed by atoms with Crippen molar-refractivity contribution in [2.24, 2.45) is 0 Å². The molecule has 0 radical (unpaired) electrons. The number of nitriles is 1. The summed E-state index contributed by atoms with van der Waals surface area (Å²) in [6.45, 7) is 4.16. The first-order valence-electron chi connectivity index (χ1n) is 5.31. The molecule has 3 heteroatoms. The molecule has 15 heavy (non-hydrogen) atoms. The molecule has 0 aliphatic rings. The van der Waals surface area contributed by atoms with Gasteiger partial charge in [0, 0.05) is 18.3 Å². The van der Waals surface area contributed by atoms with Crippen LogP contribution in [0.3, 0.4) is 0 Å². The number of nitrogens with zero attached hydrogens (tertiary/aromatic N) is 2. The molecule has 0 saturated carbocycles. The zero-order valence-electron chi connectivity index (χ0n) is 9.27. The van der Waals surface area contributed by atoms with Gasteiger partial charge < -0.3 is 5.32 Å². The van der Waals surface area contributed by atoms with Gasteiger partial charge in [-0.15, -0.1) is 0 Å². The molecule has 0 amide bonds. The van der Waals surface area contributed by atoms with Crippen molar-refractivity contribution in [1.82, 2.24) is 10.3 Å². The molecule has 3 nitrogen and oxygen atoms in total. The standard InChI is InChI=1S/C12H17N3/c1-3-11(7-8-13)15-10(2)12-6-4-5-9-14-12/h4-6,9-11,15H,3,7H2,1-2H3/t10-,11?/m0/s1. The van der Waals surface area contributed by atoms with Crippen LogP contribution in [0.15, 0.2) is 24.4 Å². The van der Waals surface area contributed by atoms with Crippen molar-refractivity contribution >= 4 is 0 Å². The number of hydrogen-bond donors (Lipinski definition) is 1. The van der Waals surface area contributed by atoms with E-state index in [2.05, 4.69) is 30.2 Å². The van der Waals surface area contributed by atoms with Gasteiger partial charge >= 0.3 is 0 Å². The Balaban J connectivity index is 2.55. The molecule has 0 spiro atoms. The Morgan fingerprint density at radius 2 is 2.33 bits per heavy atom. The topological polar surface area (TPSA) is 48.7 Å². The Bertz CT molecular complexity index is 315. The summed E-state index contributed by atoms with van der Waals surface area (Å²) in [7, 11) is 0. The third-order valence-corrected chi connectivity index (χ3v) is 2.45. The highest BCUT2D eigenvalue weighted by Crippen LogP contribution is 2.11. The lowest BCUT2D eigenvalue weighted by Crippen LogP contribution is -2.31. The lowest BCUT2D eigenvalue weighted by molar-refractivity contribution is 0.442. The summed E-state index contributed by atoms with van der Waals surface area (Å²) in [4.78, 5) is 4.28. The number of hydrogen-bond acceptors (Lipinski definition) is 3. The zero-order valence-corrected chi connectivity index (χ0v) is 9.27. The van der Waals surface area contributed by atoms with Gasteiger partial charge in [-0.1, -0.05) is 13.0 Å². The fraction of sp³-hybridized carbons (Fsp3) is 0.500. The van der Waals surface area contributed by atoms with E-state index in [0.717, 1.165) is 12.1 Å². The van der Waals surface area contributed by atoms with Crippen LogP contribution in [-0.4, -0.2) is 11.0 Å². The van der Waals surface area contributed by atoms with Gasteiger partial charge in [0.15, 0.2) is 0 Å². The zero-order chi connectivity index (χ0) is 11.1. The highest BCUT2D eigenvalue weighted by Gasteiger charge is 2.11. The summed E-state index contributed by atoms with van der Waals surface area (Å²) >= 11 is 0.